The van der Waals surface area contributed by atoms with Crippen LogP contribution in [0.1, 0.15) is 26.2 Å². The van der Waals surface area contributed by atoms with Crippen molar-refractivity contribution in [1.29, 1.82) is 0 Å². The molecular formula is C19H32N4OS. The van der Waals surface area contributed by atoms with Crippen LogP contribution < -0.4 is 20.3 Å². The Morgan fingerprint density at radius 1 is 1.36 bits per heavy atom. The lowest BCUT2D eigenvalue weighted by Gasteiger charge is -2.22. The molecule has 1 aliphatic rings. The molecule has 2 rings (SSSR count). The molecule has 1 heterocycles. The molecule has 25 heavy (non-hydrogen) atoms. The Labute approximate surface area is 156 Å². The van der Waals surface area contributed by atoms with Gasteiger partial charge in [-0.3, -0.25) is 4.99 Å². The number of guanidine groups is 1. The number of nitrogens with zero attached hydrogens (tertiary/aromatic N) is 2. The molecule has 5 nitrogen and oxygen atoms in total. The summed E-state index contributed by atoms with van der Waals surface area (Å²) >= 11 is 1.90. The van der Waals surface area contributed by atoms with E-state index in [0.717, 1.165) is 50.7 Å². The van der Waals surface area contributed by atoms with E-state index in [2.05, 4.69) is 40.8 Å². The van der Waals surface area contributed by atoms with E-state index < -0.39 is 0 Å². The van der Waals surface area contributed by atoms with Gasteiger partial charge in [0.25, 0.3) is 0 Å². The standard InChI is InChI=1S/C19H32N4OS/c1-4-20-19(21-12-7-8-14-25-3)22-16-11-13-23(15-16)17-9-5-6-10-18(17)24-2/h5-6,9-10,16H,4,7-8,11-15H2,1-3H3,(H2,20,21,22). The van der Waals surface area contributed by atoms with Crippen LogP contribution in [-0.4, -0.2) is 57.3 Å². The number of unbranched alkanes of at least 4 members (excludes halogenated alkanes) is 1. The third kappa shape index (κ3) is 6.34. The maximum atomic E-state index is 5.50. The van der Waals surface area contributed by atoms with Gasteiger partial charge in [-0.1, -0.05) is 12.1 Å². The van der Waals surface area contributed by atoms with Gasteiger partial charge in [0.15, 0.2) is 5.96 Å². The Morgan fingerprint density at radius 2 is 2.20 bits per heavy atom. The van der Waals surface area contributed by atoms with Crippen LogP contribution in [-0.2, 0) is 0 Å². The number of para-hydroxylation sites is 2. The van der Waals surface area contributed by atoms with Gasteiger partial charge in [-0.25, -0.2) is 0 Å². The van der Waals surface area contributed by atoms with Crippen molar-refractivity contribution in [3.8, 4) is 5.75 Å². The van der Waals surface area contributed by atoms with Crippen molar-refractivity contribution in [1.82, 2.24) is 10.6 Å². The first kappa shape index (κ1) is 19.8. The Kier molecular flexibility index (Phi) is 8.80. The fourth-order valence-corrected chi connectivity index (χ4v) is 3.54. The van der Waals surface area contributed by atoms with Crippen LogP contribution in [0, 0.1) is 0 Å². The molecular weight excluding hydrogens is 332 g/mol. The molecule has 1 fully saturated rings. The van der Waals surface area contributed by atoms with Gasteiger partial charge in [0.05, 0.1) is 12.8 Å². The summed E-state index contributed by atoms with van der Waals surface area (Å²) in [6, 6.07) is 8.65. The maximum absolute atomic E-state index is 5.50. The maximum Gasteiger partial charge on any atom is 0.191 e. The molecule has 2 N–H and O–H groups in total. The van der Waals surface area contributed by atoms with Crippen LogP contribution in [0.3, 0.4) is 0 Å². The third-order valence-electron chi connectivity index (χ3n) is 4.33. The fourth-order valence-electron chi connectivity index (χ4n) is 3.05. The average Bonchev–Trinajstić information content (AvgIpc) is 3.10. The summed E-state index contributed by atoms with van der Waals surface area (Å²) in [6.45, 7) is 5.89. The monoisotopic (exact) mass is 364 g/mol. The topological polar surface area (TPSA) is 48.9 Å². The first-order chi connectivity index (χ1) is 12.3. The molecule has 0 amide bonds. The minimum absolute atomic E-state index is 0.411. The lowest BCUT2D eigenvalue weighted by atomic mass is 10.2. The normalized spacial score (nSPS) is 17.6. The number of aliphatic imine (C=N–C) groups is 1. The van der Waals surface area contributed by atoms with E-state index in [1.54, 1.807) is 7.11 Å². The summed E-state index contributed by atoms with van der Waals surface area (Å²) in [5, 5.41) is 6.96. The zero-order valence-corrected chi connectivity index (χ0v) is 16.6. The van der Waals surface area contributed by atoms with Crippen molar-refractivity contribution in [2.45, 2.75) is 32.2 Å². The zero-order valence-electron chi connectivity index (χ0n) is 15.8. The van der Waals surface area contributed by atoms with Crippen LogP contribution in [0.25, 0.3) is 0 Å². The van der Waals surface area contributed by atoms with Gasteiger partial charge < -0.3 is 20.3 Å². The van der Waals surface area contributed by atoms with E-state index in [-0.39, 0.29) is 0 Å². The summed E-state index contributed by atoms with van der Waals surface area (Å²) in [6.07, 6.45) is 5.64. The van der Waals surface area contributed by atoms with E-state index in [4.69, 9.17) is 9.73 Å². The molecule has 1 saturated heterocycles. The van der Waals surface area contributed by atoms with Crippen molar-refractivity contribution < 1.29 is 4.74 Å². The van der Waals surface area contributed by atoms with E-state index in [9.17, 15) is 0 Å². The Bertz CT molecular complexity index is 538. The molecule has 1 aromatic carbocycles. The van der Waals surface area contributed by atoms with Crippen molar-refractivity contribution >= 4 is 23.4 Å². The first-order valence-electron chi connectivity index (χ1n) is 9.20. The molecule has 1 unspecified atom stereocenters. The lowest BCUT2D eigenvalue weighted by Crippen LogP contribution is -2.44. The van der Waals surface area contributed by atoms with Gasteiger partial charge in [0, 0.05) is 32.2 Å². The summed E-state index contributed by atoms with van der Waals surface area (Å²) < 4.78 is 5.50. The van der Waals surface area contributed by atoms with Gasteiger partial charge in [-0.05, 0) is 50.3 Å². The summed E-state index contributed by atoms with van der Waals surface area (Å²) in [7, 11) is 1.73. The van der Waals surface area contributed by atoms with Gasteiger partial charge in [-0.15, -0.1) is 0 Å². The van der Waals surface area contributed by atoms with Gasteiger partial charge in [0.2, 0.25) is 0 Å². The summed E-state index contributed by atoms with van der Waals surface area (Å²) in [5.74, 6) is 3.10. The number of hydrogen-bond acceptors (Lipinski definition) is 4. The number of hydrogen-bond donors (Lipinski definition) is 2. The number of methoxy groups -OCH3 is 1. The molecule has 0 spiro atoms. The highest BCUT2D eigenvalue weighted by atomic mass is 32.2. The highest BCUT2D eigenvalue weighted by molar-refractivity contribution is 7.98. The highest BCUT2D eigenvalue weighted by Gasteiger charge is 2.25. The number of thioether (sulfide) groups is 1. The molecule has 1 aliphatic heterocycles. The van der Waals surface area contributed by atoms with Crippen LogP contribution in [0.5, 0.6) is 5.75 Å². The summed E-state index contributed by atoms with van der Waals surface area (Å²) in [4.78, 5) is 7.11. The number of anilines is 1. The second kappa shape index (κ2) is 11.1. The van der Waals surface area contributed by atoms with Crippen LogP contribution in [0.4, 0.5) is 5.69 Å². The molecule has 0 saturated carbocycles. The van der Waals surface area contributed by atoms with Crippen molar-refractivity contribution in [3.05, 3.63) is 24.3 Å². The van der Waals surface area contributed by atoms with Crippen LogP contribution in [0.15, 0.2) is 29.3 Å². The molecule has 0 bridgehead atoms. The molecule has 0 radical (unpaired) electrons. The highest BCUT2D eigenvalue weighted by Crippen LogP contribution is 2.30. The number of ether oxygens (including phenoxy) is 1. The fraction of sp³-hybridized carbons (Fsp3) is 0.632. The van der Waals surface area contributed by atoms with Gasteiger partial charge >= 0.3 is 0 Å². The second-order valence-corrected chi connectivity index (χ2v) is 7.19. The number of rotatable bonds is 9. The smallest absolute Gasteiger partial charge is 0.191 e. The van der Waals surface area contributed by atoms with Gasteiger partial charge in [-0.2, -0.15) is 11.8 Å². The van der Waals surface area contributed by atoms with Gasteiger partial charge in [0.1, 0.15) is 5.75 Å². The van der Waals surface area contributed by atoms with Crippen molar-refractivity contribution in [2.75, 3.05) is 50.2 Å². The Morgan fingerprint density at radius 3 is 2.96 bits per heavy atom. The Hall–Kier alpha value is -1.56. The number of nitrogens with one attached hydrogen (secondary N) is 2. The van der Waals surface area contributed by atoms with Crippen LogP contribution in [0.2, 0.25) is 0 Å². The van der Waals surface area contributed by atoms with Crippen LogP contribution >= 0.6 is 11.8 Å². The van der Waals surface area contributed by atoms with E-state index >= 15 is 0 Å². The Balaban J connectivity index is 1.87. The molecule has 0 aromatic heterocycles. The quantitative estimate of drug-likeness (QED) is 0.401. The van der Waals surface area contributed by atoms with Crippen molar-refractivity contribution in [3.63, 3.8) is 0 Å². The average molecular weight is 365 g/mol. The minimum atomic E-state index is 0.411. The predicted molar refractivity (Wildman–Crippen MR) is 110 cm³/mol. The molecule has 1 atom stereocenters. The lowest BCUT2D eigenvalue weighted by molar-refractivity contribution is 0.415. The van der Waals surface area contributed by atoms with E-state index in [1.807, 2.05) is 23.9 Å². The molecule has 140 valence electrons. The first-order valence-corrected chi connectivity index (χ1v) is 10.6. The minimum Gasteiger partial charge on any atom is -0.495 e. The second-order valence-electron chi connectivity index (χ2n) is 6.21. The molecule has 6 heteroatoms. The zero-order chi connectivity index (χ0) is 17.9. The van der Waals surface area contributed by atoms with E-state index in [0.29, 0.717) is 6.04 Å². The van der Waals surface area contributed by atoms with E-state index in [1.165, 1.54) is 17.9 Å². The molecule has 0 aliphatic carbocycles. The largest absolute Gasteiger partial charge is 0.495 e. The van der Waals surface area contributed by atoms with Crippen molar-refractivity contribution in [2.24, 2.45) is 4.99 Å². The molecule has 1 aromatic rings. The predicted octanol–water partition coefficient (Wildman–Crippen LogP) is 2.97. The third-order valence-corrected chi connectivity index (χ3v) is 5.02. The number of benzene rings is 1. The summed E-state index contributed by atoms with van der Waals surface area (Å²) in [5.41, 5.74) is 1.17. The SMILES string of the molecule is CCNC(=NCCCCSC)NC1CCN(c2ccccc2OC)C1.